The van der Waals surface area contributed by atoms with Crippen LogP contribution in [0.15, 0.2) is 34.9 Å². The molecule has 2 aromatic rings. The number of carbonyl (C=O) groups is 1. The minimum atomic E-state index is -0.434. The first-order chi connectivity index (χ1) is 7.16. The molecular formula is C10H7BrN2OS. The molecule has 2 rings (SSSR count). The second-order valence-corrected chi connectivity index (χ2v) is 4.85. The zero-order valence-electron chi connectivity index (χ0n) is 7.61. The van der Waals surface area contributed by atoms with E-state index < -0.39 is 5.91 Å². The first kappa shape index (κ1) is 10.3. The van der Waals surface area contributed by atoms with E-state index in [1.54, 1.807) is 0 Å². The lowest BCUT2D eigenvalue weighted by Crippen LogP contribution is -2.08. The Balaban J connectivity index is 2.37. The molecule has 76 valence electrons. The molecule has 0 aliphatic heterocycles. The first-order valence-electron chi connectivity index (χ1n) is 4.18. The third-order valence-electron chi connectivity index (χ3n) is 1.84. The molecular weight excluding hydrogens is 276 g/mol. The Hall–Kier alpha value is -1.20. The minimum Gasteiger partial charge on any atom is -0.365 e. The fourth-order valence-corrected chi connectivity index (χ4v) is 2.15. The van der Waals surface area contributed by atoms with Crippen LogP contribution in [-0.2, 0) is 0 Å². The van der Waals surface area contributed by atoms with Gasteiger partial charge in [0.2, 0.25) is 0 Å². The Bertz CT molecular complexity index is 492. The summed E-state index contributed by atoms with van der Waals surface area (Å²) in [7, 11) is 0. The summed E-state index contributed by atoms with van der Waals surface area (Å²) in [4.78, 5) is 15.5. The van der Waals surface area contributed by atoms with Gasteiger partial charge < -0.3 is 5.73 Å². The van der Waals surface area contributed by atoms with Crippen molar-refractivity contribution >= 4 is 33.2 Å². The van der Waals surface area contributed by atoms with Crippen molar-refractivity contribution in [2.75, 3.05) is 0 Å². The van der Waals surface area contributed by atoms with Crippen molar-refractivity contribution in [3.8, 4) is 10.6 Å². The van der Waals surface area contributed by atoms with Gasteiger partial charge in [-0.2, -0.15) is 0 Å². The van der Waals surface area contributed by atoms with Crippen LogP contribution in [0.25, 0.3) is 10.6 Å². The average Bonchev–Trinajstić information content (AvgIpc) is 2.68. The monoisotopic (exact) mass is 282 g/mol. The van der Waals surface area contributed by atoms with Gasteiger partial charge in [-0.1, -0.05) is 28.1 Å². The maximum Gasteiger partial charge on any atom is 0.260 e. The van der Waals surface area contributed by atoms with Crippen molar-refractivity contribution < 1.29 is 4.79 Å². The Kier molecular flexibility index (Phi) is 2.83. The summed E-state index contributed by atoms with van der Waals surface area (Å²) in [6.07, 6.45) is 1.50. The molecule has 0 aliphatic rings. The second kappa shape index (κ2) is 4.12. The summed E-state index contributed by atoms with van der Waals surface area (Å²) in [5.74, 6) is -0.434. The van der Waals surface area contributed by atoms with Crippen LogP contribution in [0.2, 0.25) is 0 Å². The van der Waals surface area contributed by atoms with Crippen molar-refractivity contribution in [3.63, 3.8) is 0 Å². The third kappa shape index (κ3) is 2.24. The van der Waals surface area contributed by atoms with E-state index in [1.807, 2.05) is 24.3 Å². The van der Waals surface area contributed by atoms with Crippen LogP contribution in [0, 0.1) is 0 Å². The standard InChI is InChI=1S/C10H7BrN2OS/c11-7-3-1-6(2-4-7)10-13-5-8(15-10)9(12)14/h1-5H,(H2,12,14). The quantitative estimate of drug-likeness (QED) is 0.921. The van der Waals surface area contributed by atoms with E-state index in [1.165, 1.54) is 17.5 Å². The lowest BCUT2D eigenvalue weighted by atomic mass is 10.2. The average molecular weight is 283 g/mol. The molecule has 0 aliphatic carbocycles. The van der Waals surface area contributed by atoms with E-state index in [-0.39, 0.29) is 0 Å². The van der Waals surface area contributed by atoms with Crippen molar-refractivity contribution in [1.82, 2.24) is 4.98 Å². The third-order valence-corrected chi connectivity index (χ3v) is 3.43. The molecule has 0 unspecified atom stereocenters. The van der Waals surface area contributed by atoms with Crippen LogP contribution in [0.4, 0.5) is 0 Å². The number of halogens is 1. The highest BCUT2D eigenvalue weighted by Crippen LogP contribution is 2.25. The number of amides is 1. The van der Waals surface area contributed by atoms with Gasteiger partial charge >= 0.3 is 0 Å². The molecule has 3 nitrogen and oxygen atoms in total. The second-order valence-electron chi connectivity index (χ2n) is 2.90. The van der Waals surface area contributed by atoms with E-state index >= 15 is 0 Å². The first-order valence-corrected chi connectivity index (χ1v) is 5.79. The van der Waals surface area contributed by atoms with Crippen molar-refractivity contribution in [3.05, 3.63) is 39.8 Å². The van der Waals surface area contributed by atoms with Gasteiger partial charge in [0, 0.05) is 10.0 Å². The molecule has 0 saturated carbocycles. The fourth-order valence-electron chi connectivity index (χ4n) is 1.11. The summed E-state index contributed by atoms with van der Waals surface area (Å²) in [5.41, 5.74) is 6.14. The van der Waals surface area contributed by atoms with E-state index in [4.69, 9.17) is 5.73 Å². The zero-order chi connectivity index (χ0) is 10.8. The zero-order valence-corrected chi connectivity index (χ0v) is 10.0. The van der Waals surface area contributed by atoms with Gasteiger partial charge in [0.25, 0.3) is 5.91 Å². The van der Waals surface area contributed by atoms with Crippen LogP contribution >= 0.6 is 27.3 Å². The molecule has 5 heteroatoms. The number of aromatic nitrogens is 1. The van der Waals surface area contributed by atoms with Gasteiger partial charge in [0.1, 0.15) is 9.88 Å². The number of hydrogen-bond acceptors (Lipinski definition) is 3. The highest BCUT2D eigenvalue weighted by atomic mass is 79.9. The smallest absolute Gasteiger partial charge is 0.260 e. The highest BCUT2D eigenvalue weighted by Gasteiger charge is 2.07. The largest absolute Gasteiger partial charge is 0.365 e. The number of benzene rings is 1. The lowest BCUT2D eigenvalue weighted by Gasteiger charge is -1.95. The molecule has 2 N–H and O–H groups in total. The molecule has 0 fully saturated rings. The number of thiazole rings is 1. The molecule has 0 saturated heterocycles. The van der Waals surface area contributed by atoms with Gasteiger partial charge in [0.05, 0.1) is 6.20 Å². The van der Waals surface area contributed by atoms with Crippen LogP contribution in [0.1, 0.15) is 9.67 Å². The highest BCUT2D eigenvalue weighted by molar-refractivity contribution is 9.10. The van der Waals surface area contributed by atoms with Gasteiger partial charge in [-0.25, -0.2) is 4.98 Å². The normalized spacial score (nSPS) is 10.2. The van der Waals surface area contributed by atoms with Crippen molar-refractivity contribution in [1.29, 1.82) is 0 Å². The van der Waals surface area contributed by atoms with Crippen LogP contribution in [-0.4, -0.2) is 10.9 Å². The fraction of sp³-hybridized carbons (Fsp3) is 0. The van der Waals surface area contributed by atoms with Crippen molar-refractivity contribution in [2.24, 2.45) is 5.73 Å². The summed E-state index contributed by atoms with van der Waals surface area (Å²) >= 11 is 4.65. The Morgan fingerprint density at radius 2 is 2.00 bits per heavy atom. The van der Waals surface area contributed by atoms with Gasteiger partial charge in [0.15, 0.2) is 0 Å². The van der Waals surface area contributed by atoms with Crippen LogP contribution < -0.4 is 5.73 Å². The molecule has 0 bridgehead atoms. The van der Waals surface area contributed by atoms with E-state index in [0.717, 1.165) is 15.0 Å². The van der Waals surface area contributed by atoms with Crippen LogP contribution in [0.3, 0.4) is 0 Å². The number of nitrogens with two attached hydrogens (primary N) is 1. The van der Waals surface area contributed by atoms with E-state index in [0.29, 0.717) is 4.88 Å². The minimum absolute atomic E-state index is 0.434. The van der Waals surface area contributed by atoms with E-state index in [2.05, 4.69) is 20.9 Å². The Morgan fingerprint density at radius 3 is 2.53 bits per heavy atom. The van der Waals surface area contributed by atoms with Gasteiger partial charge in [-0.15, -0.1) is 11.3 Å². The van der Waals surface area contributed by atoms with Gasteiger partial charge in [-0.05, 0) is 12.1 Å². The molecule has 1 aromatic heterocycles. The summed E-state index contributed by atoms with van der Waals surface area (Å²) in [6, 6.07) is 7.74. The summed E-state index contributed by atoms with van der Waals surface area (Å²) in [5, 5.41) is 0.802. The maximum atomic E-state index is 10.9. The summed E-state index contributed by atoms with van der Waals surface area (Å²) < 4.78 is 1.01. The van der Waals surface area contributed by atoms with E-state index in [9.17, 15) is 4.79 Å². The summed E-state index contributed by atoms with van der Waals surface area (Å²) in [6.45, 7) is 0. The number of hydrogen-bond donors (Lipinski definition) is 1. The predicted molar refractivity (Wildman–Crippen MR) is 63.8 cm³/mol. The molecule has 0 radical (unpaired) electrons. The molecule has 1 aromatic carbocycles. The van der Waals surface area contributed by atoms with Crippen molar-refractivity contribution in [2.45, 2.75) is 0 Å². The molecule has 1 heterocycles. The molecule has 0 atom stereocenters. The van der Waals surface area contributed by atoms with Gasteiger partial charge in [-0.3, -0.25) is 4.79 Å². The van der Waals surface area contributed by atoms with Crippen LogP contribution in [0.5, 0.6) is 0 Å². The topological polar surface area (TPSA) is 56.0 Å². The number of nitrogens with zero attached hydrogens (tertiary/aromatic N) is 1. The molecule has 1 amide bonds. The Morgan fingerprint density at radius 1 is 1.33 bits per heavy atom. The molecule has 0 spiro atoms. The maximum absolute atomic E-state index is 10.9. The lowest BCUT2D eigenvalue weighted by molar-refractivity contribution is 0.100. The number of primary amides is 1. The number of carbonyl (C=O) groups excluding carboxylic acids is 1. The number of rotatable bonds is 2. The SMILES string of the molecule is NC(=O)c1cnc(-c2ccc(Br)cc2)s1. The predicted octanol–water partition coefficient (Wildman–Crippen LogP) is 2.67. The molecule has 15 heavy (non-hydrogen) atoms. The Labute approximate surface area is 99.1 Å².